The lowest BCUT2D eigenvalue weighted by molar-refractivity contribution is -0.137. The Hall–Kier alpha value is -2.65. The number of ether oxygens (including phenoxy) is 1. The molecule has 4 aromatic rings. The number of nitrogens with zero attached hydrogens (tertiary/aromatic N) is 4. The molecule has 3 aromatic heterocycles. The minimum Gasteiger partial charge on any atom is -0.468 e. The normalized spacial score (nSPS) is 16.1. The van der Waals surface area contributed by atoms with Crippen LogP contribution in [0.25, 0.3) is 21.7 Å². The van der Waals surface area contributed by atoms with E-state index in [9.17, 15) is 9.59 Å². The molecule has 3 heterocycles. The molecule has 0 radical (unpaired) electrons. The third kappa shape index (κ3) is 2.95. The predicted octanol–water partition coefficient (Wildman–Crippen LogP) is 3.80. The summed E-state index contributed by atoms with van der Waals surface area (Å²) in [6.45, 7) is 2.19. The van der Waals surface area contributed by atoms with E-state index in [1.165, 1.54) is 23.7 Å². The monoisotopic (exact) mass is 440 g/mol. The van der Waals surface area contributed by atoms with Crippen LogP contribution in [-0.4, -0.2) is 38.0 Å². The number of carbonyl (C=O) groups is 1. The van der Waals surface area contributed by atoms with E-state index in [1.807, 2.05) is 34.7 Å². The van der Waals surface area contributed by atoms with Crippen LogP contribution in [0.3, 0.4) is 0 Å². The molecule has 0 saturated heterocycles. The van der Waals surface area contributed by atoms with E-state index >= 15 is 0 Å². The molecule has 154 valence electrons. The molecule has 0 aliphatic heterocycles. The van der Waals surface area contributed by atoms with Gasteiger partial charge >= 0.3 is 5.97 Å². The molecule has 0 bridgehead atoms. The molecule has 1 atom stereocenters. The molecule has 30 heavy (non-hydrogen) atoms. The van der Waals surface area contributed by atoms with Gasteiger partial charge in [-0.2, -0.15) is 0 Å². The first-order chi connectivity index (χ1) is 14.6. The van der Waals surface area contributed by atoms with E-state index in [0.29, 0.717) is 16.9 Å². The highest BCUT2D eigenvalue weighted by Gasteiger charge is 2.28. The largest absolute Gasteiger partial charge is 0.468 e. The fourth-order valence-electron chi connectivity index (χ4n) is 4.13. The predicted molar refractivity (Wildman–Crippen MR) is 118 cm³/mol. The number of thioether (sulfide) groups is 1. The van der Waals surface area contributed by atoms with Gasteiger partial charge in [-0.25, -0.2) is 8.97 Å². The number of rotatable bonds is 4. The first kappa shape index (κ1) is 19.3. The van der Waals surface area contributed by atoms with Gasteiger partial charge in [-0.3, -0.25) is 9.59 Å². The highest BCUT2D eigenvalue weighted by Crippen LogP contribution is 2.41. The van der Waals surface area contributed by atoms with Crippen LogP contribution in [0.1, 0.15) is 36.1 Å². The average Bonchev–Trinajstić information content (AvgIpc) is 3.35. The lowest BCUT2D eigenvalue weighted by Crippen LogP contribution is -2.22. The molecule has 0 fully saturated rings. The third-order valence-electron chi connectivity index (χ3n) is 5.53. The number of fused-ring (bicyclic) bond motifs is 5. The summed E-state index contributed by atoms with van der Waals surface area (Å²) in [5.41, 5.74) is 1.84. The number of hydrogen-bond donors (Lipinski definition) is 0. The van der Waals surface area contributed by atoms with Crippen molar-refractivity contribution >= 4 is 45.1 Å². The van der Waals surface area contributed by atoms with Crippen molar-refractivity contribution < 1.29 is 9.53 Å². The van der Waals surface area contributed by atoms with Gasteiger partial charge in [0.1, 0.15) is 4.83 Å². The lowest BCUT2D eigenvalue weighted by atomic mass is 9.88. The van der Waals surface area contributed by atoms with Gasteiger partial charge in [0.25, 0.3) is 5.56 Å². The molecule has 7 nitrogen and oxygen atoms in total. The van der Waals surface area contributed by atoms with Crippen molar-refractivity contribution in [1.29, 1.82) is 0 Å². The van der Waals surface area contributed by atoms with Crippen molar-refractivity contribution in [3.8, 4) is 5.69 Å². The smallest absolute Gasteiger partial charge is 0.316 e. The first-order valence-corrected chi connectivity index (χ1v) is 11.6. The Morgan fingerprint density at radius 2 is 2.10 bits per heavy atom. The first-order valence-electron chi connectivity index (χ1n) is 9.80. The van der Waals surface area contributed by atoms with E-state index in [4.69, 9.17) is 4.74 Å². The van der Waals surface area contributed by atoms with Gasteiger partial charge in [0, 0.05) is 4.88 Å². The second-order valence-electron chi connectivity index (χ2n) is 7.37. The van der Waals surface area contributed by atoms with Crippen LogP contribution in [0.15, 0.2) is 40.3 Å². The van der Waals surface area contributed by atoms with Crippen LogP contribution in [0.5, 0.6) is 0 Å². The van der Waals surface area contributed by atoms with Crippen LogP contribution in [0.2, 0.25) is 0 Å². The van der Waals surface area contributed by atoms with Crippen molar-refractivity contribution in [1.82, 2.24) is 19.2 Å². The van der Waals surface area contributed by atoms with Crippen molar-refractivity contribution in [3.05, 3.63) is 51.1 Å². The quantitative estimate of drug-likeness (QED) is 0.355. The molecule has 1 aliphatic rings. The summed E-state index contributed by atoms with van der Waals surface area (Å²) in [4.78, 5) is 27.6. The number of esters is 1. The molecule has 0 saturated carbocycles. The Morgan fingerprint density at radius 1 is 1.30 bits per heavy atom. The third-order valence-corrected chi connectivity index (χ3v) is 7.69. The van der Waals surface area contributed by atoms with Crippen molar-refractivity contribution in [2.24, 2.45) is 0 Å². The van der Waals surface area contributed by atoms with Crippen LogP contribution < -0.4 is 5.56 Å². The number of thiophene rings is 1. The minimum absolute atomic E-state index is 0.0631. The van der Waals surface area contributed by atoms with Gasteiger partial charge in [-0.1, -0.05) is 36.9 Å². The Bertz CT molecular complexity index is 1320. The second kappa shape index (κ2) is 7.55. The van der Waals surface area contributed by atoms with Crippen LogP contribution in [-0.2, 0) is 16.0 Å². The standard InChI is InChI=1S/C21H20N4O3S2/c1-12-7-6-10-14-16(12)17-18(27)24(13-8-4-3-5-9-13)20-22-23-21(25(20)19(17)30-14)29-11-15(26)28-2/h3-5,8-9,12H,6-7,10-11H2,1-2H3/t12-/m0/s1. The number of aromatic nitrogens is 4. The Balaban J connectivity index is 1.86. The van der Waals surface area contributed by atoms with E-state index < -0.39 is 0 Å². The van der Waals surface area contributed by atoms with Crippen molar-refractivity contribution in [2.75, 3.05) is 12.9 Å². The minimum atomic E-state index is -0.330. The number of benzene rings is 1. The van der Waals surface area contributed by atoms with E-state index in [-0.39, 0.29) is 17.3 Å². The maximum absolute atomic E-state index is 13.8. The maximum Gasteiger partial charge on any atom is 0.316 e. The Labute approximate surface area is 180 Å². The Morgan fingerprint density at radius 3 is 2.87 bits per heavy atom. The number of carbonyl (C=O) groups excluding carboxylic acids is 1. The topological polar surface area (TPSA) is 78.5 Å². The zero-order valence-corrected chi connectivity index (χ0v) is 18.3. The molecule has 0 N–H and O–H groups in total. The molecule has 0 spiro atoms. The molecular weight excluding hydrogens is 420 g/mol. The highest BCUT2D eigenvalue weighted by molar-refractivity contribution is 7.99. The zero-order valence-electron chi connectivity index (χ0n) is 16.6. The number of methoxy groups -OCH3 is 1. The summed E-state index contributed by atoms with van der Waals surface area (Å²) in [5, 5.41) is 9.99. The molecule has 0 amide bonds. The summed E-state index contributed by atoms with van der Waals surface area (Å²) in [7, 11) is 1.37. The highest BCUT2D eigenvalue weighted by atomic mass is 32.2. The van der Waals surface area contributed by atoms with Gasteiger partial charge in [-0.15, -0.1) is 21.5 Å². The van der Waals surface area contributed by atoms with Crippen LogP contribution in [0, 0.1) is 0 Å². The number of para-hydroxylation sites is 1. The van der Waals surface area contributed by atoms with Crippen molar-refractivity contribution in [3.63, 3.8) is 0 Å². The molecule has 1 aromatic carbocycles. The van der Waals surface area contributed by atoms with Gasteiger partial charge in [0.2, 0.25) is 5.78 Å². The van der Waals surface area contributed by atoms with E-state index in [0.717, 1.165) is 40.7 Å². The zero-order chi connectivity index (χ0) is 20.8. The molecular formula is C21H20N4O3S2. The maximum atomic E-state index is 13.8. The SMILES string of the molecule is COC(=O)CSc1nnc2n(-c3ccccc3)c(=O)c3c4c(sc3n12)CCC[C@@H]4C. The molecule has 5 rings (SSSR count). The fourth-order valence-corrected chi connectivity index (χ4v) is 6.41. The van der Waals surface area contributed by atoms with Gasteiger partial charge < -0.3 is 4.74 Å². The summed E-state index contributed by atoms with van der Waals surface area (Å²) in [5.74, 6) is 0.588. The summed E-state index contributed by atoms with van der Waals surface area (Å²) in [6.07, 6.45) is 3.19. The summed E-state index contributed by atoms with van der Waals surface area (Å²) < 4.78 is 8.33. The Kier molecular flexibility index (Phi) is 4.86. The van der Waals surface area contributed by atoms with E-state index in [1.54, 1.807) is 15.9 Å². The average molecular weight is 441 g/mol. The molecule has 1 aliphatic carbocycles. The second-order valence-corrected chi connectivity index (χ2v) is 9.40. The number of aryl methyl sites for hydroxylation is 1. The molecule has 0 unspecified atom stereocenters. The summed E-state index contributed by atoms with van der Waals surface area (Å²) in [6, 6.07) is 9.51. The summed E-state index contributed by atoms with van der Waals surface area (Å²) >= 11 is 2.92. The van der Waals surface area contributed by atoms with Crippen LogP contribution >= 0.6 is 23.1 Å². The van der Waals surface area contributed by atoms with Crippen LogP contribution in [0.4, 0.5) is 0 Å². The van der Waals surface area contributed by atoms with Gasteiger partial charge in [0.15, 0.2) is 5.16 Å². The lowest BCUT2D eigenvalue weighted by Gasteiger charge is -2.18. The fraction of sp³-hybridized carbons (Fsp3) is 0.333. The van der Waals surface area contributed by atoms with Gasteiger partial charge in [0.05, 0.1) is 23.9 Å². The van der Waals surface area contributed by atoms with E-state index in [2.05, 4.69) is 17.1 Å². The number of hydrogen-bond acceptors (Lipinski definition) is 7. The van der Waals surface area contributed by atoms with Gasteiger partial charge in [-0.05, 0) is 42.9 Å². The molecule has 9 heteroatoms. The van der Waals surface area contributed by atoms with Crippen molar-refractivity contribution in [2.45, 2.75) is 37.3 Å².